The molecule has 6 nitrogen and oxygen atoms in total. The van der Waals surface area contributed by atoms with Gasteiger partial charge in [0.1, 0.15) is 5.69 Å². The van der Waals surface area contributed by atoms with Gasteiger partial charge in [0.2, 0.25) is 0 Å². The van der Waals surface area contributed by atoms with Gasteiger partial charge in [-0.15, -0.1) is 0 Å². The first-order valence-corrected chi connectivity index (χ1v) is 9.47. The normalized spacial score (nSPS) is 11.5. The highest BCUT2D eigenvalue weighted by molar-refractivity contribution is 9.10. The Morgan fingerprint density at radius 3 is 2.50 bits per heavy atom. The van der Waals surface area contributed by atoms with Crippen molar-refractivity contribution in [2.45, 2.75) is 13.0 Å². The molecule has 0 aromatic carbocycles. The van der Waals surface area contributed by atoms with Crippen LogP contribution >= 0.6 is 31.9 Å². The molecule has 0 unspecified atom stereocenters. The average molecular weight is 452 g/mol. The molecule has 2 aromatic heterocycles. The fraction of sp³-hybridized carbons (Fsp3) is 0.231. The molecular weight excluding hydrogens is 440 g/mol. The molecule has 0 aliphatic carbocycles. The highest BCUT2D eigenvalue weighted by Gasteiger charge is 2.19. The maximum Gasteiger partial charge on any atom is 0.306 e. The van der Waals surface area contributed by atoms with Crippen molar-refractivity contribution in [1.29, 1.82) is 0 Å². The summed E-state index contributed by atoms with van der Waals surface area (Å²) in [6.45, 7) is -0.432. The largest absolute Gasteiger partial charge is 0.390 e. The molecule has 9 heteroatoms. The van der Waals surface area contributed by atoms with Gasteiger partial charge in [-0.25, -0.2) is 0 Å². The number of rotatable bonds is 5. The van der Waals surface area contributed by atoms with E-state index in [1.54, 1.807) is 12.3 Å². The Balaban J connectivity index is 2.50. The van der Waals surface area contributed by atoms with Crippen LogP contribution in [0.1, 0.15) is 17.0 Å². The molecule has 0 bridgehead atoms. The molecule has 0 radical (unpaired) electrons. The number of halogens is 2. The number of nitrogens with zero attached hydrogens (tertiary/aromatic N) is 2. The van der Waals surface area contributed by atoms with E-state index in [1.165, 1.54) is 6.20 Å². The quantitative estimate of drug-likeness (QED) is 0.702. The molecule has 0 spiro atoms. The van der Waals surface area contributed by atoms with Crippen molar-refractivity contribution in [3.63, 3.8) is 0 Å². The first kappa shape index (κ1) is 17.3. The van der Waals surface area contributed by atoms with Crippen LogP contribution in [0.5, 0.6) is 5.75 Å². The van der Waals surface area contributed by atoms with Gasteiger partial charge in [0.15, 0.2) is 5.75 Å². The van der Waals surface area contributed by atoms with E-state index < -0.39 is 16.7 Å². The van der Waals surface area contributed by atoms with Crippen LogP contribution in [0.25, 0.3) is 0 Å². The molecule has 0 aliphatic rings. The molecule has 0 fully saturated rings. The van der Waals surface area contributed by atoms with Crippen LogP contribution in [0.15, 0.2) is 33.5 Å². The molecule has 2 aromatic rings. The van der Waals surface area contributed by atoms with Crippen molar-refractivity contribution < 1.29 is 17.7 Å². The number of hydrogen-bond donors (Lipinski definition) is 1. The monoisotopic (exact) mass is 450 g/mol. The minimum Gasteiger partial charge on any atom is -0.390 e. The zero-order chi connectivity index (χ0) is 16.3. The Hall–Kier alpha value is -1.03. The fourth-order valence-corrected chi connectivity index (χ4v) is 2.93. The second kappa shape index (κ2) is 7.03. The van der Waals surface area contributed by atoms with Gasteiger partial charge in [0.25, 0.3) is 0 Å². The van der Waals surface area contributed by atoms with E-state index in [-0.39, 0.29) is 11.4 Å². The highest BCUT2D eigenvalue weighted by Crippen LogP contribution is 2.32. The summed E-state index contributed by atoms with van der Waals surface area (Å²) in [7, 11) is -3.75. The van der Waals surface area contributed by atoms with E-state index in [1.807, 2.05) is 6.07 Å². The zero-order valence-corrected chi connectivity index (χ0v) is 15.4. The Morgan fingerprint density at radius 2 is 1.95 bits per heavy atom. The summed E-state index contributed by atoms with van der Waals surface area (Å²) in [6.07, 6.45) is 4.41. The molecule has 22 heavy (non-hydrogen) atoms. The Kier molecular flexibility index (Phi) is 5.54. The van der Waals surface area contributed by atoms with E-state index in [0.717, 1.165) is 16.4 Å². The van der Waals surface area contributed by atoms with E-state index in [4.69, 9.17) is 4.18 Å². The number of aliphatic hydroxyl groups excluding tert-OH is 1. The maximum atomic E-state index is 11.5. The molecule has 0 amide bonds. The first-order chi connectivity index (χ1) is 10.3. The second-order valence-electron chi connectivity index (χ2n) is 4.45. The lowest BCUT2D eigenvalue weighted by atomic mass is 10.1. The zero-order valence-electron chi connectivity index (χ0n) is 11.5. The summed E-state index contributed by atoms with van der Waals surface area (Å²) in [6, 6.07) is 3.64. The van der Waals surface area contributed by atoms with Gasteiger partial charge in [-0.05, 0) is 44.0 Å². The van der Waals surface area contributed by atoms with E-state index >= 15 is 0 Å². The van der Waals surface area contributed by atoms with Crippen LogP contribution in [0, 0.1) is 0 Å². The Morgan fingerprint density at radius 1 is 1.23 bits per heavy atom. The minimum absolute atomic E-state index is 0.0316. The predicted octanol–water partition coefficient (Wildman–Crippen LogP) is 2.42. The topological polar surface area (TPSA) is 89.4 Å². The summed E-state index contributed by atoms with van der Waals surface area (Å²) >= 11 is 6.64. The van der Waals surface area contributed by atoms with Crippen LogP contribution in [-0.2, 0) is 23.1 Å². The SMILES string of the molecule is CS(=O)(=O)Oc1c(CO)ncc(Br)c1Cc1ccc(Br)cn1. The fourth-order valence-electron chi connectivity index (χ4n) is 1.77. The van der Waals surface area contributed by atoms with Crippen molar-refractivity contribution in [3.05, 3.63) is 50.4 Å². The van der Waals surface area contributed by atoms with Gasteiger partial charge >= 0.3 is 10.1 Å². The Bertz CT molecular complexity index is 779. The number of hydrogen-bond acceptors (Lipinski definition) is 6. The summed E-state index contributed by atoms with van der Waals surface area (Å²) in [5, 5.41) is 9.36. The molecule has 0 saturated carbocycles. The number of aliphatic hydroxyl groups is 1. The van der Waals surface area contributed by atoms with Gasteiger partial charge in [-0.3, -0.25) is 9.97 Å². The molecule has 0 saturated heterocycles. The number of pyridine rings is 2. The van der Waals surface area contributed by atoms with Crippen molar-refractivity contribution in [2.24, 2.45) is 0 Å². The smallest absolute Gasteiger partial charge is 0.306 e. The highest BCUT2D eigenvalue weighted by atomic mass is 79.9. The summed E-state index contributed by atoms with van der Waals surface area (Å²) in [5.74, 6) is 0.0316. The molecule has 0 atom stereocenters. The van der Waals surface area contributed by atoms with Gasteiger partial charge in [0, 0.05) is 39.0 Å². The van der Waals surface area contributed by atoms with Crippen molar-refractivity contribution in [3.8, 4) is 5.75 Å². The number of aromatic nitrogens is 2. The minimum atomic E-state index is -3.75. The van der Waals surface area contributed by atoms with Crippen LogP contribution < -0.4 is 4.18 Å². The van der Waals surface area contributed by atoms with Gasteiger partial charge in [0.05, 0.1) is 12.9 Å². The summed E-state index contributed by atoms with van der Waals surface area (Å²) in [5.41, 5.74) is 1.43. The third-order valence-electron chi connectivity index (χ3n) is 2.69. The van der Waals surface area contributed by atoms with E-state index in [0.29, 0.717) is 16.5 Å². The standard InChI is InChI=1S/C13H12Br2N2O4S/c1-22(19,20)21-13-10(11(15)6-17-12(13)7-18)4-9-3-2-8(14)5-16-9/h2-3,5-6,18H,4,7H2,1H3. The Labute approximate surface area is 144 Å². The molecule has 0 aliphatic heterocycles. The lowest BCUT2D eigenvalue weighted by Crippen LogP contribution is -2.11. The van der Waals surface area contributed by atoms with Crippen LogP contribution in [0.3, 0.4) is 0 Å². The van der Waals surface area contributed by atoms with Gasteiger partial charge < -0.3 is 9.29 Å². The average Bonchev–Trinajstić information content (AvgIpc) is 2.44. The van der Waals surface area contributed by atoms with Crippen LogP contribution in [0.4, 0.5) is 0 Å². The predicted molar refractivity (Wildman–Crippen MR) is 88.1 cm³/mol. The lowest BCUT2D eigenvalue weighted by molar-refractivity contribution is 0.272. The van der Waals surface area contributed by atoms with E-state index in [9.17, 15) is 13.5 Å². The van der Waals surface area contributed by atoms with E-state index in [2.05, 4.69) is 41.8 Å². The van der Waals surface area contributed by atoms with Gasteiger partial charge in [-0.2, -0.15) is 8.42 Å². The lowest BCUT2D eigenvalue weighted by Gasteiger charge is -2.14. The molecule has 2 rings (SSSR count). The molecular formula is C13H12Br2N2O4S. The summed E-state index contributed by atoms with van der Waals surface area (Å²) in [4.78, 5) is 8.24. The van der Waals surface area contributed by atoms with Gasteiger partial charge in [-0.1, -0.05) is 0 Å². The molecule has 118 valence electrons. The summed E-state index contributed by atoms with van der Waals surface area (Å²) < 4.78 is 29.4. The van der Waals surface area contributed by atoms with Crippen molar-refractivity contribution in [1.82, 2.24) is 9.97 Å². The second-order valence-corrected chi connectivity index (χ2v) is 7.80. The third kappa shape index (κ3) is 4.48. The maximum absolute atomic E-state index is 11.5. The molecule has 1 N–H and O–H groups in total. The third-order valence-corrected chi connectivity index (χ3v) is 4.31. The van der Waals surface area contributed by atoms with Crippen LogP contribution in [0.2, 0.25) is 0 Å². The van der Waals surface area contributed by atoms with Crippen molar-refractivity contribution >= 4 is 42.0 Å². The van der Waals surface area contributed by atoms with Crippen LogP contribution in [-0.4, -0.2) is 29.7 Å². The first-order valence-electron chi connectivity index (χ1n) is 6.07. The molecule has 2 heterocycles. The van der Waals surface area contributed by atoms with Crippen molar-refractivity contribution in [2.75, 3.05) is 6.26 Å².